The molecule has 1 aromatic rings. The second-order valence-electron chi connectivity index (χ2n) is 3.58. The van der Waals surface area contributed by atoms with Crippen LogP contribution >= 0.6 is 45.7 Å². The predicted octanol–water partition coefficient (Wildman–Crippen LogP) is 2.84. The summed E-state index contributed by atoms with van der Waals surface area (Å²) in [7, 11) is 0. The summed E-state index contributed by atoms with van der Waals surface area (Å²) >= 11 is 5.83. The number of carbonyl (C=O) groups is 1. The number of carbonyl (C=O) groups excluding carboxylic acids is 1. The van der Waals surface area contributed by atoms with E-state index in [0.717, 1.165) is 15.0 Å². The van der Waals surface area contributed by atoms with Crippen LogP contribution in [0.1, 0.15) is 16.8 Å². The molecule has 0 aromatic carbocycles. The number of thiophene rings is 1. The van der Waals surface area contributed by atoms with Gasteiger partial charge in [0.1, 0.15) is 0 Å². The maximum absolute atomic E-state index is 11.7. The van der Waals surface area contributed by atoms with Gasteiger partial charge in [0.15, 0.2) is 0 Å². The normalized spacial score (nSPS) is 20.5. The highest BCUT2D eigenvalue weighted by atomic mass is 127. The van der Waals surface area contributed by atoms with Crippen molar-refractivity contribution in [2.75, 3.05) is 18.1 Å². The third-order valence-electron chi connectivity index (χ3n) is 2.40. The van der Waals surface area contributed by atoms with Crippen LogP contribution in [0.4, 0.5) is 0 Å². The van der Waals surface area contributed by atoms with E-state index in [-0.39, 0.29) is 5.91 Å². The number of halogens is 1. The van der Waals surface area contributed by atoms with Crippen LogP contribution in [0.2, 0.25) is 0 Å². The van der Waals surface area contributed by atoms with E-state index in [4.69, 9.17) is 0 Å². The minimum absolute atomic E-state index is 0.0751. The molecule has 0 saturated carbocycles. The molecule has 2 heterocycles. The minimum atomic E-state index is 0.0751. The molecule has 1 N–H and O–H groups in total. The van der Waals surface area contributed by atoms with Gasteiger partial charge in [-0.1, -0.05) is 0 Å². The van der Waals surface area contributed by atoms with Crippen LogP contribution in [0.5, 0.6) is 0 Å². The van der Waals surface area contributed by atoms with E-state index < -0.39 is 0 Å². The lowest BCUT2D eigenvalue weighted by atomic mass is 10.1. The standard InChI is InChI=1S/C10H12INOS2/c11-9-3-8(6-15-9)10(13)12-4-7-1-2-14-5-7/h3,6-7H,1-2,4-5H2,(H,12,13). The first-order chi connectivity index (χ1) is 7.25. The molecule has 0 radical (unpaired) electrons. The van der Waals surface area contributed by atoms with Crippen molar-refractivity contribution in [3.05, 3.63) is 19.9 Å². The van der Waals surface area contributed by atoms with Crippen molar-refractivity contribution < 1.29 is 4.79 Å². The largest absolute Gasteiger partial charge is 0.352 e. The lowest BCUT2D eigenvalue weighted by Gasteiger charge is -2.08. The summed E-state index contributed by atoms with van der Waals surface area (Å²) in [5, 5.41) is 4.92. The van der Waals surface area contributed by atoms with Crippen molar-refractivity contribution in [3.63, 3.8) is 0 Å². The van der Waals surface area contributed by atoms with Gasteiger partial charge in [-0.3, -0.25) is 4.79 Å². The first kappa shape index (κ1) is 11.7. The lowest BCUT2D eigenvalue weighted by Crippen LogP contribution is -2.28. The van der Waals surface area contributed by atoms with Crippen LogP contribution < -0.4 is 5.32 Å². The number of thioether (sulfide) groups is 1. The third kappa shape index (κ3) is 3.35. The summed E-state index contributed by atoms with van der Waals surface area (Å²) in [6.07, 6.45) is 1.24. The molecule has 5 heteroatoms. The van der Waals surface area contributed by atoms with E-state index in [1.807, 2.05) is 23.2 Å². The molecule has 1 saturated heterocycles. The van der Waals surface area contributed by atoms with Crippen molar-refractivity contribution in [1.82, 2.24) is 5.32 Å². The van der Waals surface area contributed by atoms with Crippen LogP contribution in [0.15, 0.2) is 11.4 Å². The second-order valence-corrected chi connectivity index (χ2v) is 7.53. The van der Waals surface area contributed by atoms with Gasteiger partial charge in [0.2, 0.25) is 0 Å². The predicted molar refractivity (Wildman–Crippen MR) is 74.8 cm³/mol. The Kier molecular flexibility index (Phi) is 4.33. The molecule has 1 fully saturated rings. The Morgan fingerprint density at radius 1 is 1.67 bits per heavy atom. The zero-order valence-electron chi connectivity index (χ0n) is 8.16. The molecule has 1 atom stereocenters. The molecule has 1 unspecified atom stereocenters. The molecule has 1 aliphatic rings. The van der Waals surface area contributed by atoms with Crippen LogP contribution in [-0.2, 0) is 0 Å². The Labute approximate surface area is 111 Å². The number of nitrogens with one attached hydrogen (secondary N) is 1. The highest BCUT2D eigenvalue weighted by Gasteiger charge is 2.16. The number of amides is 1. The van der Waals surface area contributed by atoms with Crippen molar-refractivity contribution in [2.24, 2.45) is 5.92 Å². The van der Waals surface area contributed by atoms with Gasteiger partial charge >= 0.3 is 0 Å². The molecule has 2 nitrogen and oxygen atoms in total. The monoisotopic (exact) mass is 353 g/mol. The van der Waals surface area contributed by atoms with Gasteiger partial charge in [0.05, 0.1) is 8.45 Å². The molecule has 1 amide bonds. The second kappa shape index (κ2) is 5.54. The molecule has 0 aliphatic carbocycles. The molecule has 0 spiro atoms. The minimum Gasteiger partial charge on any atom is -0.352 e. The lowest BCUT2D eigenvalue weighted by molar-refractivity contribution is 0.0949. The fraction of sp³-hybridized carbons (Fsp3) is 0.500. The van der Waals surface area contributed by atoms with Crippen LogP contribution in [0, 0.1) is 8.80 Å². The zero-order valence-corrected chi connectivity index (χ0v) is 12.0. The number of hydrogen-bond donors (Lipinski definition) is 1. The van der Waals surface area contributed by atoms with Gasteiger partial charge in [0, 0.05) is 11.9 Å². The summed E-state index contributed by atoms with van der Waals surface area (Å²) in [5.74, 6) is 3.20. The van der Waals surface area contributed by atoms with Gasteiger partial charge in [0.25, 0.3) is 5.91 Å². The molecule has 2 rings (SSSR count). The Bertz CT molecular complexity index is 347. The molecular formula is C10H12INOS2. The summed E-state index contributed by atoms with van der Waals surface area (Å²) in [5.41, 5.74) is 0.801. The smallest absolute Gasteiger partial charge is 0.252 e. The first-order valence-electron chi connectivity index (χ1n) is 4.85. The van der Waals surface area contributed by atoms with E-state index in [1.54, 1.807) is 11.3 Å². The summed E-state index contributed by atoms with van der Waals surface area (Å²) in [6.45, 7) is 0.832. The summed E-state index contributed by atoms with van der Waals surface area (Å²) in [4.78, 5) is 11.7. The fourth-order valence-electron chi connectivity index (χ4n) is 1.51. The number of hydrogen-bond acceptors (Lipinski definition) is 3. The van der Waals surface area contributed by atoms with Gasteiger partial charge < -0.3 is 5.32 Å². The van der Waals surface area contributed by atoms with E-state index in [0.29, 0.717) is 5.92 Å². The third-order valence-corrected chi connectivity index (χ3v) is 5.43. The van der Waals surface area contributed by atoms with Crippen molar-refractivity contribution >= 4 is 51.6 Å². The van der Waals surface area contributed by atoms with Gasteiger partial charge in [-0.25, -0.2) is 0 Å². The van der Waals surface area contributed by atoms with E-state index in [1.165, 1.54) is 17.9 Å². The maximum Gasteiger partial charge on any atom is 0.252 e. The molecule has 82 valence electrons. The Hall–Kier alpha value is 0.250. The highest BCUT2D eigenvalue weighted by Crippen LogP contribution is 2.22. The molecule has 15 heavy (non-hydrogen) atoms. The fourth-order valence-corrected chi connectivity index (χ4v) is 4.12. The van der Waals surface area contributed by atoms with Crippen molar-refractivity contribution in [3.8, 4) is 0 Å². The van der Waals surface area contributed by atoms with Crippen molar-refractivity contribution in [2.45, 2.75) is 6.42 Å². The first-order valence-corrected chi connectivity index (χ1v) is 7.97. The van der Waals surface area contributed by atoms with Crippen LogP contribution in [0.25, 0.3) is 0 Å². The molecule has 1 aliphatic heterocycles. The molecular weight excluding hydrogens is 341 g/mol. The molecule has 1 aromatic heterocycles. The zero-order chi connectivity index (χ0) is 10.7. The van der Waals surface area contributed by atoms with E-state index in [9.17, 15) is 4.79 Å². The van der Waals surface area contributed by atoms with Gasteiger partial charge in [-0.05, 0) is 52.5 Å². The van der Waals surface area contributed by atoms with Gasteiger partial charge in [-0.15, -0.1) is 11.3 Å². The average molecular weight is 353 g/mol. The molecule has 0 bridgehead atoms. The number of rotatable bonds is 3. The van der Waals surface area contributed by atoms with Crippen LogP contribution in [-0.4, -0.2) is 24.0 Å². The quantitative estimate of drug-likeness (QED) is 0.847. The van der Waals surface area contributed by atoms with E-state index >= 15 is 0 Å². The SMILES string of the molecule is O=C(NCC1CCSC1)c1csc(I)c1. The highest BCUT2D eigenvalue weighted by molar-refractivity contribution is 14.1. The van der Waals surface area contributed by atoms with E-state index in [2.05, 4.69) is 27.9 Å². The maximum atomic E-state index is 11.7. The Morgan fingerprint density at radius 3 is 3.13 bits per heavy atom. The summed E-state index contributed by atoms with van der Waals surface area (Å²) < 4.78 is 1.16. The van der Waals surface area contributed by atoms with Crippen molar-refractivity contribution in [1.29, 1.82) is 0 Å². The topological polar surface area (TPSA) is 29.1 Å². The van der Waals surface area contributed by atoms with Crippen LogP contribution in [0.3, 0.4) is 0 Å². The Balaban J connectivity index is 1.81. The average Bonchev–Trinajstić information content (AvgIpc) is 2.84. The Morgan fingerprint density at radius 2 is 2.53 bits per heavy atom. The van der Waals surface area contributed by atoms with Gasteiger partial charge in [-0.2, -0.15) is 11.8 Å². The summed E-state index contributed by atoms with van der Waals surface area (Å²) in [6, 6.07) is 1.93.